The van der Waals surface area contributed by atoms with Crippen LogP contribution in [0.15, 0.2) is 0 Å². The lowest BCUT2D eigenvalue weighted by atomic mass is 10.0. The zero-order valence-corrected chi connectivity index (χ0v) is 16.7. The van der Waals surface area contributed by atoms with Gasteiger partial charge in [-0.1, -0.05) is 60.6 Å². The molecule has 2 aliphatic heterocycles. The predicted molar refractivity (Wildman–Crippen MR) is 94.4 cm³/mol. The van der Waals surface area contributed by atoms with Gasteiger partial charge in [0.05, 0.1) is 30.5 Å². The maximum atomic E-state index is 10.2. The Morgan fingerprint density at radius 1 is 1.24 bits per heavy atom. The van der Waals surface area contributed by atoms with E-state index in [4.69, 9.17) is 15.9 Å². The third-order valence-corrected chi connectivity index (χ3v) is 7.26. The van der Waals surface area contributed by atoms with Crippen LogP contribution in [-0.2, 0) is 9.47 Å². The fourth-order valence-electron chi connectivity index (χ4n) is 2.94. The van der Waals surface area contributed by atoms with Crippen LogP contribution in [0.5, 0.6) is 0 Å². The highest BCUT2D eigenvalue weighted by atomic mass is 79.9. The molecule has 0 saturated carbocycles. The third-order valence-electron chi connectivity index (χ3n) is 4.21. The Balaban J connectivity index is 1.89. The van der Waals surface area contributed by atoms with E-state index in [9.17, 15) is 5.11 Å². The number of hydrogen-bond donors (Lipinski definition) is 1. The molecule has 0 radical (unpaired) electrons. The summed E-state index contributed by atoms with van der Waals surface area (Å²) in [5.41, 5.74) is 0. The molecule has 0 spiro atoms. The average molecular weight is 489 g/mol. The van der Waals surface area contributed by atoms with Crippen molar-refractivity contribution in [1.82, 2.24) is 0 Å². The van der Waals surface area contributed by atoms with E-state index in [2.05, 4.69) is 60.6 Å². The maximum absolute atomic E-state index is 10.2. The Bertz CT molecular complexity index is 387. The van der Waals surface area contributed by atoms with Crippen molar-refractivity contribution in [2.24, 2.45) is 0 Å². The molecular weight excluding hydrogens is 468 g/mol. The SMILES string of the molecule is C#CC(Br)C1CC(O)C(CC2OC(C(Br)CC)CC2Br)O1. The van der Waals surface area contributed by atoms with Gasteiger partial charge in [-0.25, -0.2) is 0 Å². The molecule has 120 valence electrons. The van der Waals surface area contributed by atoms with Gasteiger partial charge in [0, 0.05) is 22.5 Å². The number of rotatable bonds is 5. The summed E-state index contributed by atoms with van der Waals surface area (Å²) in [7, 11) is 0. The van der Waals surface area contributed by atoms with Crippen molar-refractivity contribution < 1.29 is 14.6 Å². The van der Waals surface area contributed by atoms with Crippen molar-refractivity contribution in [2.45, 2.75) is 77.6 Å². The number of hydrogen-bond acceptors (Lipinski definition) is 3. The molecule has 0 bridgehead atoms. The van der Waals surface area contributed by atoms with Crippen molar-refractivity contribution in [3.05, 3.63) is 0 Å². The fourth-order valence-corrected chi connectivity index (χ4v) is 4.33. The van der Waals surface area contributed by atoms with E-state index in [1.54, 1.807) is 0 Å². The number of aliphatic hydroxyl groups excluding tert-OH is 1. The summed E-state index contributed by atoms with van der Waals surface area (Å²) >= 11 is 10.8. The van der Waals surface area contributed by atoms with E-state index < -0.39 is 6.10 Å². The molecule has 6 heteroatoms. The average Bonchev–Trinajstić information content (AvgIpc) is 3.02. The van der Waals surface area contributed by atoms with Crippen LogP contribution < -0.4 is 0 Å². The molecule has 8 atom stereocenters. The molecule has 0 amide bonds. The van der Waals surface area contributed by atoms with Gasteiger partial charge in [0.25, 0.3) is 0 Å². The van der Waals surface area contributed by atoms with Crippen LogP contribution in [0.4, 0.5) is 0 Å². The van der Waals surface area contributed by atoms with Gasteiger partial charge in [0.15, 0.2) is 0 Å². The van der Waals surface area contributed by atoms with Gasteiger partial charge in [-0.3, -0.25) is 0 Å². The largest absolute Gasteiger partial charge is 0.390 e. The summed E-state index contributed by atoms with van der Waals surface area (Å²) in [5, 5.41) is 10.2. The number of alkyl halides is 3. The Morgan fingerprint density at radius 3 is 2.52 bits per heavy atom. The van der Waals surface area contributed by atoms with Crippen LogP contribution >= 0.6 is 47.8 Å². The van der Waals surface area contributed by atoms with Crippen molar-refractivity contribution >= 4 is 47.8 Å². The zero-order chi connectivity index (χ0) is 15.6. The second kappa shape index (κ2) is 8.12. The van der Waals surface area contributed by atoms with Gasteiger partial charge in [0.2, 0.25) is 0 Å². The van der Waals surface area contributed by atoms with Crippen LogP contribution in [0.3, 0.4) is 0 Å². The van der Waals surface area contributed by atoms with Gasteiger partial charge < -0.3 is 14.6 Å². The molecule has 1 N–H and O–H groups in total. The highest BCUT2D eigenvalue weighted by Crippen LogP contribution is 2.37. The highest BCUT2D eigenvalue weighted by Gasteiger charge is 2.43. The van der Waals surface area contributed by atoms with Crippen LogP contribution in [0, 0.1) is 12.3 Å². The molecule has 0 aliphatic carbocycles. The third kappa shape index (κ3) is 4.45. The summed E-state index contributed by atoms with van der Waals surface area (Å²) in [6, 6.07) is 0. The lowest BCUT2D eigenvalue weighted by Gasteiger charge is -2.22. The maximum Gasteiger partial charge on any atom is 0.101 e. The normalized spacial score (nSPS) is 42.7. The van der Waals surface area contributed by atoms with Gasteiger partial charge in [-0.15, -0.1) is 6.42 Å². The smallest absolute Gasteiger partial charge is 0.101 e. The minimum atomic E-state index is -0.475. The van der Waals surface area contributed by atoms with Gasteiger partial charge in [-0.05, 0) is 12.8 Å². The quantitative estimate of drug-likeness (QED) is 0.476. The molecule has 0 aromatic carbocycles. The molecule has 3 nitrogen and oxygen atoms in total. The lowest BCUT2D eigenvalue weighted by Crippen LogP contribution is -2.30. The molecule has 2 aliphatic rings. The minimum absolute atomic E-state index is 0.0691. The summed E-state index contributed by atoms with van der Waals surface area (Å²) in [6.45, 7) is 2.14. The van der Waals surface area contributed by atoms with E-state index in [-0.39, 0.29) is 29.2 Å². The second-order valence-electron chi connectivity index (χ2n) is 5.71. The van der Waals surface area contributed by atoms with Crippen LogP contribution in [0.2, 0.25) is 0 Å². The van der Waals surface area contributed by atoms with E-state index in [0.717, 1.165) is 12.8 Å². The monoisotopic (exact) mass is 486 g/mol. The molecule has 2 heterocycles. The van der Waals surface area contributed by atoms with E-state index >= 15 is 0 Å². The topological polar surface area (TPSA) is 38.7 Å². The second-order valence-corrected chi connectivity index (χ2v) is 9.05. The van der Waals surface area contributed by atoms with Crippen molar-refractivity contribution in [3.63, 3.8) is 0 Å². The molecule has 2 saturated heterocycles. The number of ether oxygens (including phenoxy) is 2. The van der Waals surface area contributed by atoms with Gasteiger partial charge >= 0.3 is 0 Å². The summed E-state index contributed by atoms with van der Waals surface area (Å²) in [4.78, 5) is 0.524. The molecule has 21 heavy (non-hydrogen) atoms. The standard InChI is InChI=1S/C15H21Br3O3/c1-3-8(16)12-5-10(18)14(20-12)7-15-11(19)6-13(21-15)9(17)4-2/h2,8-15,19H,3,5-7H2,1H3. The van der Waals surface area contributed by atoms with E-state index in [1.807, 2.05) is 0 Å². The first kappa shape index (κ1) is 18.2. The van der Waals surface area contributed by atoms with Crippen LogP contribution in [0.25, 0.3) is 0 Å². The first-order valence-corrected chi connectivity index (χ1v) is 10.1. The summed E-state index contributed by atoms with van der Waals surface area (Å²) in [6.07, 6.45) is 8.16. The lowest BCUT2D eigenvalue weighted by molar-refractivity contribution is -0.0349. The Kier molecular flexibility index (Phi) is 7.05. The minimum Gasteiger partial charge on any atom is -0.390 e. The molecule has 8 unspecified atom stereocenters. The van der Waals surface area contributed by atoms with Crippen molar-refractivity contribution in [2.75, 3.05) is 0 Å². The van der Waals surface area contributed by atoms with E-state index in [0.29, 0.717) is 22.5 Å². The number of terminal acetylenes is 1. The molecule has 0 aromatic heterocycles. The highest BCUT2D eigenvalue weighted by molar-refractivity contribution is 9.10. The van der Waals surface area contributed by atoms with Gasteiger partial charge in [0.1, 0.15) is 4.83 Å². The first-order valence-electron chi connectivity index (χ1n) is 7.33. The van der Waals surface area contributed by atoms with E-state index in [1.165, 1.54) is 0 Å². The fraction of sp³-hybridized carbons (Fsp3) is 0.867. The van der Waals surface area contributed by atoms with Crippen LogP contribution in [-0.4, -0.2) is 50.1 Å². The molecular formula is C15H21Br3O3. The first-order chi connectivity index (χ1) is 9.96. The molecule has 0 aromatic rings. The summed E-state index contributed by atoms with van der Waals surface area (Å²) in [5.74, 6) is 2.61. The number of aliphatic hydroxyl groups is 1. The molecule has 2 rings (SSSR count). The Morgan fingerprint density at radius 2 is 1.90 bits per heavy atom. The predicted octanol–water partition coefficient (Wildman–Crippen LogP) is 3.39. The Hall–Kier alpha value is 0.880. The van der Waals surface area contributed by atoms with Crippen LogP contribution in [0.1, 0.15) is 32.6 Å². The van der Waals surface area contributed by atoms with Gasteiger partial charge in [-0.2, -0.15) is 0 Å². The number of halogens is 3. The molecule has 2 fully saturated rings. The zero-order valence-electron chi connectivity index (χ0n) is 11.9. The summed E-state index contributed by atoms with van der Waals surface area (Å²) < 4.78 is 12.0. The van der Waals surface area contributed by atoms with Crippen molar-refractivity contribution in [3.8, 4) is 12.3 Å². The Labute approximate surface area is 151 Å². The van der Waals surface area contributed by atoms with Crippen molar-refractivity contribution in [1.29, 1.82) is 0 Å².